The molecule has 0 saturated heterocycles. The van der Waals surface area contributed by atoms with Crippen molar-refractivity contribution in [2.45, 2.75) is 44.1 Å². The first kappa shape index (κ1) is 12.5. The molecular weight excluding hydrogens is 194 g/mol. The molecule has 4 heteroatoms. The summed E-state index contributed by atoms with van der Waals surface area (Å²) in [5, 5.41) is 12.5. The lowest BCUT2D eigenvalue weighted by atomic mass is 9.90. The van der Waals surface area contributed by atoms with Crippen molar-refractivity contribution in [3.8, 4) is 0 Å². The van der Waals surface area contributed by atoms with Crippen LogP contribution in [0.3, 0.4) is 0 Å². The second-order valence-corrected chi connectivity index (χ2v) is 4.22. The van der Waals surface area contributed by atoms with E-state index in [9.17, 15) is 9.90 Å². The molecule has 1 aliphatic rings. The average molecular weight is 215 g/mol. The number of hydrogen-bond acceptors (Lipinski definition) is 3. The van der Waals surface area contributed by atoms with Crippen molar-refractivity contribution in [2.24, 2.45) is 0 Å². The Labute approximate surface area is 91.0 Å². The Morgan fingerprint density at radius 3 is 2.40 bits per heavy atom. The van der Waals surface area contributed by atoms with E-state index in [1.165, 1.54) is 0 Å². The summed E-state index contributed by atoms with van der Waals surface area (Å²) in [6, 6.07) is 0. The zero-order valence-electron chi connectivity index (χ0n) is 9.42. The third-order valence-electron chi connectivity index (χ3n) is 3.14. The van der Waals surface area contributed by atoms with Gasteiger partial charge in [0.15, 0.2) is 0 Å². The van der Waals surface area contributed by atoms with Crippen molar-refractivity contribution in [3.63, 3.8) is 0 Å². The first-order valence-electron chi connectivity index (χ1n) is 5.69. The lowest BCUT2D eigenvalue weighted by Gasteiger charge is -2.29. The molecule has 1 saturated carbocycles. The van der Waals surface area contributed by atoms with Crippen molar-refractivity contribution in [1.29, 1.82) is 0 Å². The van der Waals surface area contributed by atoms with Crippen LogP contribution in [0.4, 0.5) is 0 Å². The maximum absolute atomic E-state index is 11.3. The minimum absolute atomic E-state index is 0.565. The van der Waals surface area contributed by atoms with Gasteiger partial charge in [0.2, 0.25) is 0 Å². The Morgan fingerprint density at radius 2 is 1.93 bits per heavy atom. The van der Waals surface area contributed by atoms with Crippen LogP contribution in [-0.2, 0) is 9.53 Å². The van der Waals surface area contributed by atoms with Crippen molar-refractivity contribution < 1.29 is 14.6 Å². The summed E-state index contributed by atoms with van der Waals surface area (Å²) in [5.41, 5.74) is -0.699. The summed E-state index contributed by atoms with van der Waals surface area (Å²) in [4.78, 5) is 11.3. The SMILES string of the molecule is COCCNC1(C(=O)O)CCCCCC1. The van der Waals surface area contributed by atoms with Gasteiger partial charge in [0, 0.05) is 13.7 Å². The van der Waals surface area contributed by atoms with Crippen molar-refractivity contribution in [3.05, 3.63) is 0 Å². The molecule has 0 aromatic rings. The van der Waals surface area contributed by atoms with Crippen LogP contribution in [0, 0.1) is 0 Å². The van der Waals surface area contributed by atoms with Crippen LogP contribution in [0.5, 0.6) is 0 Å². The van der Waals surface area contributed by atoms with Gasteiger partial charge in [-0.05, 0) is 12.8 Å². The molecule has 0 spiro atoms. The summed E-state index contributed by atoms with van der Waals surface area (Å²) >= 11 is 0. The summed E-state index contributed by atoms with van der Waals surface area (Å²) in [7, 11) is 1.63. The number of carbonyl (C=O) groups is 1. The predicted molar refractivity (Wildman–Crippen MR) is 57.9 cm³/mol. The van der Waals surface area contributed by atoms with Gasteiger partial charge in [0.1, 0.15) is 5.54 Å². The van der Waals surface area contributed by atoms with Crippen LogP contribution in [0.2, 0.25) is 0 Å². The molecule has 1 rings (SSSR count). The minimum Gasteiger partial charge on any atom is -0.480 e. The molecular formula is C11H21NO3. The third kappa shape index (κ3) is 3.47. The number of nitrogens with one attached hydrogen (secondary N) is 1. The first-order chi connectivity index (χ1) is 7.21. The molecule has 0 atom stereocenters. The van der Waals surface area contributed by atoms with Crippen LogP contribution in [0.25, 0.3) is 0 Å². The summed E-state index contributed by atoms with van der Waals surface area (Å²) < 4.78 is 4.93. The Balaban J connectivity index is 2.55. The van der Waals surface area contributed by atoms with Crippen LogP contribution >= 0.6 is 0 Å². The molecule has 4 nitrogen and oxygen atoms in total. The second-order valence-electron chi connectivity index (χ2n) is 4.22. The number of rotatable bonds is 5. The lowest BCUT2D eigenvalue weighted by molar-refractivity contribution is -0.145. The van der Waals surface area contributed by atoms with Gasteiger partial charge < -0.3 is 9.84 Å². The maximum atomic E-state index is 11.3. The van der Waals surface area contributed by atoms with E-state index >= 15 is 0 Å². The predicted octanol–water partition coefficient (Wildman–Crippen LogP) is 1.40. The van der Waals surface area contributed by atoms with Gasteiger partial charge in [0.05, 0.1) is 6.61 Å². The normalized spacial score (nSPS) is 20.9. The van der Waals surface area contributed by atoms with Gasteiger partial charge >= 0.3 is 5.97 Å². The summed E-state index contributed by atoms with van der Waals surface area (Å²) in [6.07, 6.45) is 5.80. The fraction of sp³-hybridized carbons (Fsp3) is 0.909. The molecule has 0 aromatic carbocycles. The largest absolute Gasteiger partial charge is 0.480 e. The highest BCUT2D eigenvalue weighted by molar-refractivity contribution is 5.78. The fourth-order valence-electron chi connectivity index (χ4n) is 2.19. The zero-order chi connectivity index (χ0) is 11.1. The van der Waals surface area contributed by atoms with Crippen molar-refractivity contribution in [1.82, 2.24) is 5.32 Å². The lowest BCUT2D eigenvalue weighted by Crippen LogP contribution is -2.52. The van der Waals surface area contributed by atoms with Gasteiger partial charge in [0.25, 0.3) is 0 Å². The van der Waals surface area contributed by atoms with E-state index in [1.54, 1.807) is 7.11 Å². The van der Waals surface area contributed by atoms with Crippen LogP contribution < -0.4 is 5.32 Å². The van der Waals surface area contributed by atoms with E-state index in [2.05, 4.69) is 5.32 Å². The second kappa shape index (κ2) is 6.08. The van der Waals surface area contributed by atoms with E-state index in [4.69, 9.17) is 4.74 Å². The van der Waals surface area contributed by atoms with Gasteiger partial charge in [-0.15, -0.1) is 0 Å². The van der Waals surface area contributed by atoms with E-state index in [-0.39, 0.29) is 0 Å². The summed E-state index contributed by atoms with van der Waals surface area (Å²) in [5.74, 6) is -0.708. The monoisotopic (exact) mass is 215 g/mol. The Hall–Kier alpha value is -0.610. The van der Waals surface area contributed by atoms with E-state index in [0.29, 0.717) is 13.2 Å². The number of carboxylic acids is 1. The van der Waals surface area contributed by atoms with E-state index in [0.717, 1.165) is 38.5 Å². The molecule has 0 aliphatic heterocycles. The highest BCUT2D eigenvalue weighted by atomic mass is 16.5. The molecule has 88 valence electrons. The Bertz CT molecular complexity index is 198. The average Bonchev–Trinajstić information content (AvgIpc) is 2.45. The number of carboxylic acid groups (broad SMARTS) is 1. The standard InChI is InChI=1S/C11H21NO3/c1-15-9-8-12-11(10(13)14)6-4-2-3-5-7-11/h12H,2-9H2,1H3,(H,13,14). The van der Waals surface area contributed by atoms with Crippen molar-refractivity contribution >= 4 is 5.97 Å². The Morgan fingerprint density at radius 1 is 1.33 bits per heavy atom. The highest BCUT2D eigenvalue weighted by Gasteiger charge is 2.37. The molecule has 0 unspecified atom stereocenters. The Kier molecular flexibility index (Phi) is 5.05. The van der Waals surface area contributed by atoms with Crippen molar-refractivity contribution in [2.75, 3.05) is 20.3 Å². The molecule has 0 radical (unpaired) electrons. The highest BCUT2D eigenvalue weighted by Crippen LogP contribution is 2.27. The topological polar surface area (TPSA) is 58.6 Å². The minimum atomic E-state index is -0.708. The van der Waals surface area contributed by atoms with Gasteiger partial charge in [-0.25, -0.2) is 0 Å². The molecule has 0 heterocycles. The first-order valence-corrected chi connectivity index (χ1v) is 5.69. The molecule has 0 aromatic heterocycles. The zero-order valence-corrected chi connectivity index (χ0v) is 9.42. The molecule has 1 aliphatic carbocycles. The molecule has 1 fully saturated rings. The quantitative estimate of drug-likeness (QED) is 0.537. The van der Waals surface area contributed by atoms with Gasteiger partial charge in [-0.1, -0.05) is 25.7 Å². The number of aliphatic carboxylic acids is 1. The number of hydrogen-bond donors (Lipinski definition) is 2. The van der Waals surface area contributed by atoms with E-state index in [1.807, 2.05) is 0 Å². The number of methoxy groups -OCH3 is 1. The summed E-state index contributed by atoms with van der Waals surface area (Å²) in [6.45, 7) is 1.18. The molecule has 0 amide bonds. The number of ether oxygens (including phenoxy) is 1. The molecule has 2 N–H and O–H groups in total. The van der Waals surface area contributed by atoms with Gasteiger partial charge in [-0.3, -0.25) is 10.1 Å². The molecule has 15 heavy (non-hydrogen) atoms. The fourth-order valence-corrected chi connectivity index (χ4v) is 2.19. The van der Waals surface area contributed by atoms with Crippen LogP contribution in [-0.4, -0.2) is 36.9 Å². The maximum Gasteiger partial charge on any atom is 0.323 e. The smallest absolute Gasteiger partial charge is 0.323 e. The van der Waals surface area contributed by atoms with Crippen LogP contribution in [0.1, 0.15) is 38.5 Å². The van der Waals surface area contributed by atoms with Gasteiger partial charge in [-0.2, -0.15) is 0 Å². The third-order valence-corrected chi connectivity index (χ3v) is 3.14. The van der Waals surface area contributed by atoms with E-state index < -0.39 is 11.5 Å². The van der Waals surface area contributed by atoms with Crippen LogP contribution in [0.15, 0.2) is 0 Å². The molecule has 0 bridgehead atoms.